The molecule has 0 N–H and O–H groups in total. The van der Waals surface area contributed by atoms with Gasteiger partial charge < -0.3 is 0 Å². The van der Waals surface area contributed by atoms with Crippen molar-refractivity contribution in [3.8, 4) is 0 Å². The monoisotopic (exact) mass is 175 g/mol. The topological polar surface area (TPSA) is 29.4 Å². The molecule has 0 radical (unpaired) electrons. The Hall–Kier alpha value is -1.44. The van der Waals surface area contributed by atoms with Gasteiger partial charge >= 0.3 is 0 Å². The Balaban J connectivity index is 3.22. The van der Waals surface area contributed by atoms with E-state index in [0.29, 0.717) is 6.41 Å². The van der Waals surface area contributed by atoms with Crippen LogP contribution in [0, 0.1) is 13.8 Å². The first-order chi connectivity index (χ1) is 6.16. The first kappa shape index (κ1) is 9.65. The van der Waals surface area contributed by atoms with Crippen LogP contribution in [0.4, 0.5) is 0 Å². The van der Waals surface area contributed by atoms with Crippen LogP contribution in [0.25, 0.3) is 0 Å². The van der Waals surface area contributed by atoms with Gasteiger partial charge in [0.15, 0.2) is 0 Å². The van der Waals surface area contributed by atoms with Crippen LogP contribution in [0.15, 0.2) is 23.2 Å². The number of aliphatic imine (C=N–C) groups is 1. The molecule has 13 heavy (non-hydrogen) atoms. The van der Waals surface area contributed by atoms with Crippen LogP contribution < -0.4 is 0 Å². The summed E-state index contributed by atoms with van der Waals surface area (Å²) in [6.07, 6.45) is 0.580. The maximum Gasteiger partial charge on any atom is 0.233 e. The number of benzene rings is 1. The van der Waals surface area contributed by atoms with E-state index in [9.17, 15) is 4.79 Å². The summed E-state index contributed by atoms with van der Waals surface area (Å²) in [5.41, 5.74) is 4.23. The van der Waals surface area contributed by atoms with E-state index in [1.54, 1.807) is 0 Å². The molecular formula is C11H13NO. The highest BCUT2D eigenvalue weighted by molar-refractivity contribution is 6.03. The summed E-state index contributed by atoms with van der Waals surface area (Å²) < 4.78 is 0. The molecule has 1 rings (SSSR count). The van der Waals surface area contributed by atoms with E-state index < -0.39 is 0 Å². The fourth-order valence-electron chi connectivity index (χ4n) is 1.29. The molecule has 0 unspecified atom stereocenters. The number of hydrogen-bond acceptors (Lipinski definition) is 1. The molecule has 0 aliphatic heterocycles. The third-order valence-electron chi connectivity index (χ3n) is 2.24. The fraction of sp³-hybridized carbons (Fsp3) is 0.273. The highest BCUT2D eigenvalue weighted by Gasteiger charge is 2.02. The molecule has 1 amide bonds. The molecule has 1 aromatic carbocycles. The van der Waals surface area contributed by atoms with E-state index >= 15 is 0 Å². The Morgan fingerprint density at radius 2 is 2.08 bits per heavy atom. The van der Waals surface area contributed by atoms with Crippen molar-refractivity contribution in [3.05, 3.63) is 34.9 Å². The van der Waals surface area contributed by atoms with E-state index in [-0.39, 0.29) is 0 Å². The van der Waals surface area contributed by atoms with Crippen LogP contribution >= 0.6 is 0 Å². The second-order valence-electron chi connectivity index (χ2n) is 3.07. The van der Waals surface area contributed by atoms with Crippen LogP contribution in [0.1, 0.15) is 23.6 Å². The Bertz CT molecular complexity index is 353. The van der Waals surface area contributed by atoms with Gasteiger partial charge in [-0.25, -0.2) is 4.99 Å². The lowest BCUT2D eigenvalue weighted by Gasteiger charge is -2.06. The predicted molar refractivity (Wildman–Crippen MR) is 54.2 cm³/mol. The van der Waals surface area contributed by atoms with Crippen molar-refractivity contribution in [2.45, 2.75) is 20.8 Å². The summed E-state index contributed by atoms with van der Waals surface area (Å²) in [4.78, 5) is 13.9. The van der Waals surface area contributed by atoms with E-state index in [4.69, 9.17) is 0 Å². The number of hydrogen-bond donors (Lipinski definition) is 0. The lowest BCUT2D eigenvalue weighted by Crippen LogP contribution is -1.99. The van der Waals surface area contributed by atoms with E-state index in [1.807, 2.05) is 39.0 Å². The van der Waals surface area contributed by atoms with E-state index in [2.05, 4.69) is 4.99 Å². The number of rotatable bonds is 2. The van der Waals surface area contributed by atoms with Gasteiger partial charge in [0.05, 0.1) is 0 Å². The maximum atomic E-state index is 10.2. The SMILES string of the molecule is CC(=NC=O)c1cccc(C)c1C. The quantitative estimate of drug-likeness (QED) is 0.500. The molecule has 0 bridgehead atoms. The normalized spacial score (nSPS) is 11.5. The van der Waals surface area contributed by atoms with Crippen molar-refractivity contribution in [2.75, 3.05) is 0 Å². The molecule has 0 fully saturated rings. The molecule has 1 aromatic rings. The minimum atomic E-state index is 0.580. The zero-order chi connectivity index (χ0) is 9.84. The highest BCUT2D eigenvalue weighted by atomic mass is 16.1. The molecule has 2 heteroatoms. The Morgan fingerprint density at radius 1 is 1.38 bits per heavy atom. The standard InChI is InChI=1S/C11H13NO/c1-8-5-4-6-11(9(8)2)10(3)12-7-13/h4-7H,1-3H3. The minimum Gasteiger partial charge on any atom is -0.276 e. The number of carbonyl (C=O) groups excluding carboxylic acids is 1. The summed E-state index contributed by atoms with van der Waals surface area (Å²) in [5.74, 6) is 0. The second kappa shape index (κ2) is 3.99. The minimum absolute atomic E-state index is 0.580. The first-order valence-electron chi connectivity index (χ1n) is 4.21. The van der Waals surface area contributed by atoms with E-state index in [1.165, 1.54) is 11.1 Å². The molecule has 0 aliphatic rings. The van der Waals surface area contributed by atoms with Gasteiger partial charge in [0.2, 0.25) is 6.41 Å². The van der Waals surface area contributed by atoms with Crippen LogP contribution in [0.3, 0.4) is 0 Å². The molecule has 0 saturated carbocycles. The molecular weight excluding hydrogens is 162 g/mol. The van der Waals surface area contributed by atoms with Crippen molar-refractivity contribution >= 4 is 12.1 Å². The Labute approximate surface area is 78.3 Å². The summed E-state index contributed by atoms with van der Waals surface area (Å²) >= 11 is 0. The van der Waals surface area contributed by atoms with Crippen molar-refractivity contribution in [1.82, 2.24) is 0 Å². The summed E-state index contributed by atoms with van der Waals surface area (Å²) in [6, 6.07) is 6.00. The largest absolute Gasteiger partial charge is 0.276 e. The van der Waals surface area contributed by atoms with Crippen molar-refractivity contribution in [1.29, 1.82) is 0 Å². The molecule has 2 nitrogen and oxygen atoms in total. The average Bonchev–Trinajstić information content (AvgIpc) is 2.10. The van der Waals surface area contributed by atoms with Crippen LogP contribution in [0.2, 0.25) is 0 Å². The summed E-state index contributed by atoms with van der Waals surface area (Å²) in [5, 5.41) is 0. The van der Waals surface area contributed by atoms with Gasteiger partial charge in [0.1, 0.15) is 0 Å². The van der Waals surface area contributed by atoms with Gasteiger partial charge in [0, 0.05) is 5.71 Å². The smallest absolute Gasteiger partial charge is 0.233 e. The molecule has 0 atom stereocenters. The van der Waals surface area contributed by atoms with Crippen LogP contribution in [-0.2, 0) is 4.79 Å². The molecule has 0 spiro atoms. The van der Waals surface area contributed by atoms with Gasteiger partial charge in [-0.15, -0.1) is 0 Å². The zero-order valence-corrected chi connectivity index (χ0v) is 8.16. The lowest BCUT2D eigenvalue weighted by atomic mass is 10.0. The number of aryl methyl sites for hydroxylation is 1. The first-order valence-corrected chi connectivity index (χ1v) is 4.21. The van der Waals surface area contributed by atoms with Gasteiger partial charge in [-0.3, -0.25) is 4.79 Å². The van der Waals surface area contributed by atoms with Gasteiger partial charge in [0.25, 0.3) is 0 Å². The van der Waals surface area contributed by atoms with Crippen molar-refractivity contribution in [3.63, 3.8) is 0 Å². The second-order valence-corrected chi connectivity index (χ2v) is 3.07. The molecule has 0 heterocycles. The fourth-order valence-corrected chi connectivity index (χ4v) is 1.29. The third-order valence-corrected chi connectivity index (χ3v) is 2.24. The number of nitrogens with zero attached hydrogens (tertiary/aromatic N) is 1. The van der Waals surface area contributed by atoms with Gasteiger partial charge in [-0.05, 0) is 37.5 Å². The average molecular weight is 175 g/mol. The van der Waals surface area contributed by atoms with Crippen LogP contribution in [0.5, 0.6) is 0 Å². The van der Waals surface area contributed by atoms with E-state index in [0.717, 1.165) is 11.3 Å². The molecule has 0 aliphatic carbocycles. The van der Waals surface area contributed by atoms with Crippen LogP contribution in [-0.4, -0.2) is 12.1 Å². The highest BCUT2D eigenvalue weighted by Crippen LogP contribution is 2.13. The van der Waals surface area contributed by atoms with Gasteiger partial charge in [-0.2, -0.15) is 0 Å². The number of amides is 1. The Morgan fingerprint density at radius 3 is 2.69 bits per heavy atom. The Kier molecular flexibility index (Phi) is 2.96. The number of carbonyl (C=O) groups is 1. The van der Waals surface area contributed by atoms with Crippen molar-refractivity contribution < 1.29 is 4.79 Å². The zero-order valence-electron chi connectivity index (χ0n) is 8.16. The molecule has 0 aromatic heterocycles. The van der Waals surface area contributed by atoms with Gasteiger partial charge in [-0.1, -0.05) is 18.2 Å². The summed E-state index contributed by atoms with van der Waals surface area (Å²) in [6.45, 7) is 5.93. The predicted octanol–water partition coefficient (Wildman–Crippen LogP) is 2.27. The maximum absolute atomic E-state index is 10.2. The molecule has 0 saturated heterocycles. The van der Waals surface area contributed by atoms with Crippen molar-refractivity contribution in [2.24, 2.45) is 4.99 Å². The summed E-state index contributed by atoms with van der Waals surface area (Å²) in [7, 11) is 0. The third kappa shape index (κ3) is 2.02. The lowest BCUT2D eigenvalue weighted by molar-refractivity contribution is -0.106. The molecule has 68 valence electrons.